The molecule has 1 aliphatic carbocycles. The van der Waals surface area contributed by atoms with Crippen LogP contribution in [0.15, 0.2) is 24.3 Å². The molecular weight excluding hydrogens is 326 g/mol. The standard InChI is InChI=1S/C18H27N3O2.ClH/c1-3-21(13(2)22)12-14-6-4-8-16(10-14)20-18(23)11-15-7-5-9-17(15)19;/h4,6,8,10,15,17H,3,5,7,9,11-12,19H2,1-2H3,(H,20,23);1H/t15-,17+;/m0./s1. The first kappa shape index (κ1) is 20.5. The van der Waals surface area contributed by atoms with Gasteiger partial charge in [0, 0.05) is 38.2 Å². The average molecular weight is 354 g/mol. The monoisotopic (exact) mass is 353 g/mol. The van der Waals surface area contributed by atoms with E-state index in [-0.39, 0.29) is 30.3 Å². The quantitative estimate of drug-likeness (QED) is 0.825. The highest BCUT2D eigenvalue weighted by atomic mass is 35.5. The molecule has 0 aliphatic heterocycles. The number of carbonyl (C=O) groups is 2. The number of benzene rings is 1. The lowest BCUT2D eigenvalue weighted by atomic mass is 10.00. The molecular formula is C18H28ClN3O2. The summed E-state index contributed by atoms with van der Waals surface area (Å²) in [6.45, 7) is 4.76. The molecule has 2 amide bonds. The Morgan fingerprint density at radius 2 is 2.08 bits per heavy atom. The Balaban J connectivity index is 0.00000288. The number of carbonyl (C=O) groups excluding carboxylic acids is 2. The van der Waals surface area contributed by atoms with Crippen molar-refractivity contribution < 1.29 is 9.59 Å². The number of rotatable bonds is 6. The maximum atomic E-state index is 12.2. The smallest absolute Gasteiger partial charge is 0.224 e. The van der Waals surface area contributed by atoms with Crippen LogP contribution in [0.4, 0.5) is 5.69 Å². The van der Waals surface area contributed by atoms with E-state index in [9.17, 15) is 9.59 Å². The molecule has 0 aromatic heterocycles. The third kappa shape index (κ3) is 5.80. The van der Waals surface area contributed by atoms with Crippen LogP contribution in [0.2, 0.25) is 0 Å². The zero-order valence-corrected chi connectivity index (χ0v) is 15.3. The van der Waals surface area contributed by atoms with E-state index in [0.717, 1.165) is 30.5 Å². The topological polar surface area (TPSA) is 75.4 Å². The molecule has 0 spiro atoms. The van der Waals surface area contributed by atoms with E-state index in [4.69, 9.17) is 5.73 Å². The van der Waals surface area contributed by atoms with Crippen molar-refractivity contribution in [2.24, 2.45) is 11.7 Å². The van der Waals surface area contributed by atoms with Crippen LogP contribution < -0.4 is 11.1 Å². The van der Waals surface area contributed by atoms with E-state index in [1.807, 2.05) is 31.2 Å². The third-order valence-corrected chi connectivity index (χ3v) is 4.58. The largest absolute Gasteiger partial charge is 0.339 e. The van der Waals surface area contributed by atoms with Crippen molar-refractivity contribution in [3.63, 3.8) is 0 Å². The summed E-state index contributed by atoms with van der Waals surface area (Å²) in [6, 6.07) is 7.83. The van der Waals surface area contributed by atoms with Crippen LogP contribution in [0.3, 0.4) is 0 Å². The van der Waals surface area contributed by atoms with Crippen LogP contribution in [-0.2, 0) is 16.1 Å². The number of nitrogens with two attached hydrogens (primary N) is 1. The van der Waals surface area contributed by atoms with Gasteiger partial charge < -0.3 is 16.0 Å². The molecule has 1 aliphatic rings. The fourth-order valence-corrected chi connectivity index (χ4v) is 3.18. The molecule has 24 heavy (non-hydrogen) atoms. The molecule has 1 saturated carbocycles. The second-order valence-corrected chi connectivity index (χ2v) is 6.34. The van der Waals surface area contributed by atoms with Crippen LogP contribution in [0, 0.1) is 5.92 Å². The molecule has 0 bridgehead atoms. The van der Waals surface area contributed by atoms with Crippen molar-refractivity contribution in [3.8, 4) is 0 Å². The van der Waals surface area contributed by atoms with Gasteiger partial charge in [-0.15, -0.1) is 12.4 Å². The molecule has 0 radical (unpaired) electrons. The summed E-state index contributed by atoms with van der Waals surface area (Å²) in [7, 11) is 0. The lowest BCUT2D eigenvalue weighted by molar-refractivity contribution is -0.129. The molecule has 0 heterocycles. The zero-order chi connectivity index (χ0) is 16.8. The fourth-order valence-electron chi connectivity index (χ4n) is 3.18. The van der Waals surface area contributed by atoms with Gasteiger partial charge in [0.05, 0.1) is 0 Å². The summed E-state index contributed by atoms with van der Waals surface area (Å²) in [5.41, 5.74) is 7.81. The second-order valence-electron chi connectivity index (χ2n) is 6.34. The normalized spacial score (nSPS) is 19.5. The molecule has 134 valence electrons. The van der Waals surface area contributed by atoms with Crippen LogP contribution in [0.1, 0.15) is 45.1 Å². The molecule has 0 saturated heterocycles. The van der Waals surface area contributed by atoms with Crippen molar-refractivity contribution >= 4 is 29.9 Å². The van der Waals surface area contributed by atoms with E-state index in [1.54, 1.807) is 11.8 Å². The van der Waals surface area contributed by atoms with Gasteiger partial charge in [0.15, 0.2) is 0 Å². The SMILES string of the molecule is CCN(Cc1cccc(NC(=O)C[C@@H]2CCC[C@H]2N)c1)C(C)=O.Cl. The number of anilines is 1. The Morgan fingerprint density at radius 3 is 2.67 bits per heavy atom. The average Bonchev–Trinajstić information content (AvgIpc) is 2.90. The first-order chi connectivity index (χ1) is 11.0. The summed E-state index contributed by atoms with van der Waals surface area (Å²) in [4.78, 5) is 25.5. The Morgan fingerprint density at radius 1 is 1.33 bits per heavy atom. The van der Waals surface area contributed by atoms with Crippen molar-refractivity contribution in [1.29, 1.82) is 0 Å². The van der Waals surface area contributed by atoms with Gasteiger partial charge in [-0.3, -0.25) is 9.59 Å². The van der Waals surface area contributed by atoms with Gasteiger partial charge in [0.1, 0.15) is 0 Å². The molecule has 5 nitrogen and oxygen atoms in total. The van der Waals surface area contributed by atoms with E-state index in [1.165, 1.54) is 0 Å². The summed E-state index contributed by atoms with van der Waals surface area (Å²) in [5.74, 6) is 0.368. The van der Waals surface area contributed by atoms with Crippen molar-refractivity contribution in [2.75, 3.05) is 11.9 Å². The molecule has 0 unspecified atom stereocenters. The molecule has 1 aromatic carbocycles. The highest BCUT2D eigenvalue weighted by Gasteiger charge is 2.26. The van der Waals surface area contributed by atoms with Crippen molar-refractivity contribution in [1.82, 2.24) is 4.90 Å². The Labute approximate surface area is 150 Å². The first-order valence-corrected chi connectivity index (χ1v) is 8.39. The minimum Gasteiger partial charge on any atom is -0.339 e. The highest BCUT2D eigenvalue weighted by molar-refractivity contribution is 5.91. The van der Waals surface area contributed by atoms with Gasteiger partial charge in [0.2, 0.25) is 11.8 Å². The van der Waals surface area contributed by atoms with E-state index in [0.29, 0.717) is 25.4 Å². The lowest BCUT2D eigenvalue weighted by Crippen LogP contribution is -2.28. The van der Waals surface area contributed by atoms with Gasteiger partial charge >= 0.3 is 0 Å². The molecule has 6 heteroatoms. The summed E-state index contributed by atoms with van der Waals surface area (Å²) in [5, 5.41) is 2.95. The number of amides is 2. The van der Waals surface area contributed by atoms with Gasteiger partial charge in [-0.2, -0.15) is 0 Å². The summed E-state index contributed by atoms with van der Waals surface area (Å²) < 4.78 is 0. The van der Waals surface area contributed by atoms with Crippen molar-refractivity contribution in [2.45, 2.75) is 52.1 Å². The van der Waals surface area contributed by atoms with E-state index in [2.05, 4.69) is 5.32 Å². The van der Waals surface area contributed by atoms with Gasteiger partial charge in [0.25, 0.3) is 0 Å². The van der Waals surface area contributed by atoms with Crippen LogP contribution >= 0.6 is 12.4 Å². The van der Waals surface area contributed by atoms with Crippen LogP contribution in [-0.4, -0.2) is 29.3 Å². The number of hydrogen-bond donors (Lipinski definition) is 2. The van der Waals surface area contributed by atoms with Gasteiger partial charge in [-0.1, -0.05) is 18.6 Å². The summed E-state index contributed by atoms with van der Waals surface area (Å²) in [6.07, 6.45) is 3.66. The van der Waals surface area contributed by atoms with Crippen molar-refractivity contribution in [3.05, 3.63) is 29.8 Å². The molecule has 2 atom stereocenters. The predicted octanol–water partition coefficient (Wildman–Crippen LogP) is 2.93. The minimum atomic E-state index is 0. The predicted molar refractivity (Wildman–Crippen MR) is 99.0 cm³/mol. The molecule has 1 aromatic rings. The number of nitrogens with zero attached hydrogens (tertiary/aromatic N) is 1. The fraction of sp³-hybridized carbons (Fsp3) is 0.556. The lowest BCUT2D eigenvalue weighted by Gasteiger charge is -2.19. The summed E-state index contributed by atoms with van der Waals surface area (Å²) >= 11 is 0. The Bertz CT molecular complexity index is 565. The second kappa shape index (κ2) is 9.64. The maximum absolute atomic E-state index is 12.2. The molecule has 2 rings (SSSR count). The number of nitrogens with one attached hydrogen (secondary N) is 1. The minimum absolute atomic E-state index is 0. The van der Waals surface area contributed by atoms with Gasteiger partial charge in [-0.05, 0) is 43.4 Å². The zero-order valence-electron chi connectivity index (χ0n) is 14.5. The first-order valence-electron chi connectivity index (χ1n) is 8.39. The number of halogens is 1. The maximum Gasteiger partial charge on any atom is 0.224 e. The van der Waals surface area contributed by atoms with E-state index >= 15 is 0 Å². The van der Waals surface area contributed by atoms with E-state index < -0.39 is 0 Å². The van der Waals surface area contributed by atoms with Gasteiger partial charge in [-0.25, -0.2) is 0 Å². The van der Waals surface area contributed by atoms with Crippen LogP contribution in [0.5, 0.6) is 0 Å². The number of hydrogen-bond acceptors (Lipinski definition) is 3. The molecule has 3 N–H and O–H groups in total. The third-order valence-electron chi connectivity index (χ3n) is 4.58. The Hall–Kier alpha value is -1.59. The highest BCUT2D eigenvalue weighted by Crippen LogP contribution is 2.27. The molecule has 1 fully saturated rings. The Kier molecular flexibility index (Phi) is 8.22. The van der Waals surface area contributed by atoms with Crippen LogP contribution in [0.25, 0.3) is 0 Å².